The Hall–Kier alpha value is -1.76. The Morgan fingerprint density at radius 2 is 1.29 bits per heavy atom. The summed E-state index contributed by atoms with van der Waals surface area (Å²) in [5.74, 6) is 0.913. The molecule has 0 N–H and O–H groups in total. The van der Waals surface area contributed by atoms with Crippen LogP contribution in [0.15, 0.2) is 84.9 Å². The lowest BCUT2D eigenvalue weighted by molar-refractivity contribution is 0.261. The zero-order chi connectivity index (χ0) is 22.5. The summed E-state index contributed by atoms with van der Waals surface area (Å²) in [5, 5.41) is 0. The molecule has 3 rings (SSSR count). The van der Waals surface area contributed by atoms with Crippen molar-refractivity contribution in [2.24, 2.45) is 0 Å². The molecule has 0 saturated heterocycles. The maximum Gasteiger partial charge on any atom is 0.119 e. The van der Waals surface area contributed by atoms with Crippen molar-refractivity contribution in [2.75, 3.05) is 33.5 Å². The number of rotatable bonds is 8. The Balaban J connectivity index is 0.00000107. The molecule has 0 radical (unpaired) electrons. The molecule has 3 aromatic carbocycles. The van der Waals surface area contributed by atoms with Gasteiger partial charge in [0.25, 0.3) is 0 Å². The quantitative estimate of drug-likeness (QED) is 0.213. The van der Waals surface area contributed by atoms with Crippen LogP contribution in [0.4, 0.5) is 0 Å². The first kappa shape index (κ1) is 25.5. The van der Waals surface area contributed by atoms with Crippen LogP contribution in [-0.2, 0) is 0 Å². The van der Waals surface area contributed by atoms with Gasteiger partial charge in [-0.1, -0.05) is 88.7 Å². The first-order valence-electron chi connectivity index (χ1n) is 10.5. The van der Waals surface area contributed by atoms with Gasteiger partial charge in [0.05, 0.1) is 0 Å². The fourth-order valence-electron chi connectivity index (χ4n) is 3.35. The van der Waals surface area contributed by atoms with Gasteiger partial charge in [0, 0.05) is 6.54 Å². The van der Waals surface area contributed by atoms with Crippen molar-refractivity contribution in [3.8, 4) is 5.75 Å². The van der Waals surface area contributed by atoms with Crippen molar-refractivity contribution < 1.29 is 4.74 Å². The van der Waals surface area contributed by atoms with Gasteiger partial charge >= 0.3 is 0 Å². The normalized spacial score (nSPS) is 11.4. The van der Waals surface area contributed by atoms with Crippen molar-refractivity contribution >= 4 is 41.3 Å². The van der Waals surface area contributed by atoms with Crippen LogP contribution in [0.2, 0.25) is 0 Å². The summed E-state index contributed by atoms with van der Waals surface area (Å²) in [6.07, 6.45) is 3.00. The lowest BCUT2D eigenvalue weighted by Gasteiger charge is -2.17. The second kappa shape index (κ2) is 14.3. The predicted octanol–water partition coefficient (Wildman–Crippen LogP) is 7.70. The van der Waals surface area contributed by atoms with E-state index in [9.17, 15) is 0 Å². The fourth-order valence-corrected chi connectivity index (χ4v) is 3.35. The molecular formula is C27H32INOS. The molecule has 0 fully saturated rings. The summed E-state index contributed by atoms with van der Waals surface area (Å²) in [6.45, 7) is 3.83. The number of nitrogens with zero attached hydrogens (tertiary/aromatic N) is 1. The third-order valence-corrected chi connectivity index (χ3v) is 4.79. The van der Waals surface area contributed by atoms with Crippen molar-refractivity contribution in [3.63, 3.8) is 0 Å². The standard InChI is InChI=1S/C26H29NO.CH3IS/c1-4-25(21-11-7-5-8-12-21)26(22-13-9-6-10-14-22)23-15-17-24(18-16-23)28-20-19-27(2)3;1-3-2/h5-18H,4,19-20H2,1-3H3;1H3/b26-25-;. The van der Waals surface area contributed by atoms with Crippen molar-refractivity contribution in [2.45, 2.75) is 13.3 Å². The minimum absolute atomic E-state index is 0.692. The van der Waals surface area contributed by atoms with Gasteiger partial charge < -0.3 is 9.64 Å². The van der Waals surface area contributed by atoms with E-state index in [1.54, 1.807) is 8.93 Å². The van der Waals surface area contributed by atoms with E-state index >= 15 is 0 Å². The van der Waals surface area contributed by atoms with Gasteiger partial charge in [0.1, 0.15) is 12.4 Å². The van der Waals surface area contributed by atoms with E-state index in [-0.39, 0.29) is 0 Å². The maximum absolute atomic E-state index is 5.87. The van der Waals surface area contributed by atoms with Crippen LogP contribution < -0.4 is 4.74 Å². The van der Waals surface area contributed by atoms with E-state index in [0.717, 1.165) is 18.7 Å². The molecule has 0 aliphatic heterocycles. The zero-order valence-electron chi connectivity index (χ0n) is 18.8. The molecule has 0 aliphatic carbocycles. The highest BCUT2D eigenvalue weighted by Gasteiger charge is 2.13. The molecule has 0 bridgehead atoms. The van der Waals surface area contributed by atoms with E-state index in [4.69, 9.17) is 4.74 Å². The first-order chi connectivity index (χ1) is 15.1. The Bertz CT molecular complexity index is 909. The summed E-state index contributed by atoms with van der Waals surface area (Å²) < 4.78 is 5.87. The molecule has 0 heterocycles. The van der Waals surface area contributed by atoms with E-state index < -0.39 is 0 Å². The van der Waals surface area contributed by atoms with Crippen molar-refractivity contribution in [1.29, 1.82) is 0 Å². The molecule has 0 aliphatic rings. The van der Waals surface area contributed by atoms with Crippen LogP contribution >= 0.6 is 30.1 Å². The molecule has 4 heteroatoms. The molecule has 0 amide bonds. The third-order valence-electron chi connectivity index (χ3n) is 4.79. The van der Waals surface area contributed by atoms with Gasteiger partial charge in [-0.3, -0.25) is 0 Å². The summed E-state index contributed by atoms with van der Waals surface area (Å²) in [6, 6.07) is 29.8. The van der Waals surface area contributed by atoms with Gasteiger partial charge in [-0.2, -0.15) is 0 Å². The van der Waals surface area contributed by atoms with E-state index in [1.165, 1.54) is 27.8 Å². The second-order valence-electron chi connectivity index (χ2n) is 7.27. The molecule has 0 atom stereocenters. The summed E-state index contributed by atoms with van der Waals surface area (Å²) in [5.41, 5.74) is 6.37. The number of hydrogen-bond acceptors (Lipinski definition) is 3. The number of likely N-dealkylation sites (N-methyl/N-ethyl adjacent to an activating group) is 1. The Morgan fingerprint density at radius 1 is 0.806 bits per heavy atom. The SMILES string of the molecule is CC/C(=C(\c1ccccc1)c1ccc(OCCN(C)C)cc1)c1ccccc1.CSI. The molecule has 0 aromatic heterocycles. The summed E-state index contributed by atoms with van der Waals surface area (Å²) in [4.78, 5) is 2.12. The van der Waals surface area contributed by atoms with Crippen LogP contribution in [0.3, 0.4) is 0 Å². The molecular weight excluding hydrogens is 513 g/mol. The van der Waals surface area contributed by atoms with Gasteiger partial charge in [-0.05, 0) is 87.9 Å². The molecule has 2 nitrogen and oxygen atoms in total. The highest BCUT2D eigenvalue weighted by Crippen LogP contribution is 2.34. The van der Waals surface area contributed by atoms with Crippen LogP contribution in [0.25, 0.3) is 11.1 Å². The van der Waals surface area contributed by atoms with E-state index in [2.05, 4.69) is 132 Å². The van der Waals surface area contributed by atoms with E-state index in [1.807, 2.05) is 6.26 Å². The lowest BCUT2D eigenvalue weighted by Crippen LogP contribution is -2.19. The Morgan fingerprint density at radius 3 is 1.77 bits per heavy atom. The van der Waals surface area contributed by atoms with Gasteiger partial charge in [-0.15, -0.1) is 0 Å². The molecule has 164 valence electrons. The molecule has 31 heavy (non-hydrogen) atoms. The van der Waals surface area contributed by atoms with Crippen LogP contribution in [0, 0.1) is 0 Å². The smallest absolute Gasteiger partial charge is 0.119 e. The molecule has 0 saturated carbocycles. The topological polar surface area (TPSA) is 12.5 Å². The number of halogens is 1. The average Bonchev–Trinajstić information content (AvgIpc) is 2.79. The van der Waals surface area contributed by atoms with Crippen molar-refractivity contribution in [3.05, 3.63) is 102 Å². The Kier molecular flexibility index (Phi) is 11.8. The Labute approximate surface area is 204 Å². The van der Waals surface area contributed by atoms with Gasteiger partial charge in [-0.25, -0.2) is 0 Å². The first-order valence-corrected chi connectivity index (χ1v) is 14.2. The van der Waals surface area contributed by atoms with Gasteiger partial charge in [0.15, 0.2) is 0 Å². The fraction of sp³-hybridized carbons (Fsp3) is 0.259. The summed E-state index contributed by atoms with van der Waals surface area (Å²) >= 11 is 2.20. The highest BCUT2D eigenvalue weighted by molar-refractivity contribution is 14.2. The number of allylic oxidation sites excluding steroid dienone is 1. The maximum atomic E-state index is 5.87. The minimum atomic E-state index is 0.692. The number of ether oxygens (including phenoxy) is 1. The number of benzene rings is 3. The van der Waals surface area contributed by atoms with Crippen LogP contribution in [-0.4, -0.2) is 38.4 Å². The van der Waals surface area contributed by atoms with E-state index in [0.29, 0.717) is 6.61 Å². The predicted molar refractivity (Wildman–Crippen MR) is 147 cm³/mol. The minimum Gasteiger partial charge on any atom is -0.492 e. The van der Waals surface area contributed by atoms with Crippen LogP contribution in [0.1, 0.15) is 30.0 Å². The largest absolute Gasteiger partial charge is 0.492 e. The zero-order valence-corrected chi connectivity index (χ0v) is 21.8. The number of hydrogen-bond donors (Lipinski definition) is 0. The van der Waals surface area contributed by atoms with Gasteiger partial charge in [0.2, 0.25) is 0 Å². The molecule has 0 unspecified atom stereocenters. The second-order valence-corrected chi connectivity index (χ2v) is 10.2. The average molecular weight is 546 g/mol. The highest BCUT2D eigenvalue weighted by atomic mass is 127. The molecule has 3 aromatic rings. The molecule has 0 spiro atoms. The van der Waals surface area contributed by atoms with Crippen LogP contribution in [0.5, 0.6) is 5.75 Å². The lowest BCUT2D eigenvalue weighted by atomic mass is 9.88. The summed E-state index contributed by atoms with van der Waals surface area (Å²) in [7, 11) is 5.83. The van der Waals surface area contributed by atoms with Crippen molar-refractivity contribution in [1.82, 2.24) is 4.90 Å². The third kappa shape index (κ3) is 8.36. The monoisotopic (exact) mass is 545 g/mol.